The first-order valence-electron chi connectivity index (χ1n) is 9.42. The van der Waals surface area contributed by atoms with Gasteiger partial charge in [0.25, 0.3) is 5.91 Å². The number of benzene rings is 4. The van der Waals surface area contributed by atoms with Gasteiger partial charge in [-0.25, -0.2) is 0 Å². The maximum atomic E-state index is 12.9. The third-order valence-corrected chi connectivity index (χ3v) is 4.78. The molecule has 0 aliphatic rings. The van der Waals surface area contributed by atoms with Gasteiger partial charge in [0.15, 0.2) is 0 Å². The Bertz CT molecular complexity index is 1130. The summed E-state index contributed by atoms with van der Waals surface area (Å²) in [5.41, 5.74) is 5.21. The smallest absolute Gasteiger partial charge is 0.257 e. The van der Waals surface area contributed by atoms with E-state index in [1.807, 2.05) is 103 Å². The van der Waals surface area contributed by atoms with Crippen LogP contribution in [0.1, 0.15) is 15.9 Å². The standard InChI is InChI=1S/C26H20N2O/c27-25(22-17-15-20(16-18-22)19-9-3-1-4-10-19)28-26(29)24-14-8-7-13-23(24)21-11-5-2-6-12-21/h1-18H,(H2,27,28,29). The minimum Gasteiger partial charge on any atom is -0.307 e. The lowest BCUT2D eigenvalue weighted by Crippen LogP contribution is -2.30. The lowest BCUT2D eigenvalue weighted by atomic mass is 9.99. The van der Waals surface area contributed by atoms with E-state index in [4.69, 9.17) is 5.41 Å². The van der Waals surface area contributed by atoms with E-state index < -0.39 is 0 Å². The molecule has 4 aromatic rings. The van der Waals surface area contributed by atoms with Crippen LogP contribution in [-0.2, 0) is 0 Å². The Morgan fingerprint density at radius 1 is 0.586 bits per heavy atom. The first-order chi connectivity index (χ1) is 14.2. The maximum Gasteiger partial charge on any atom is 0.257 e. The molecule has 0 fully saturated rings. The van der Waals surface area contributed by atoms with Gasteiger partial charge in [0.05, 0.1) is 0 Å². The fraction of sp³-hybridized carbons (Fsp3) is 0. The van der Waals surface area contributed by atoms with Crippen molar-refractivity contribution in [3.8, 4) is 22.3 Å². The van der Waals surface area contributed by atoms with Crippen molar-refractivity contribution in [3.63, 3.8) is 0 Å². The van der Waals surface area contributed by atoms with Crippen molar-refractivity contribution >= 4 is 11.7 Å². The number of amides is 1. The lowest BCUT2D eigenvalue weighted by molar-refractivity contribution is 0.0977. The van der Waals surface area contributed by atoms with Crippen LogP contribution >= 0.6 is 0 Å². The molecule has 3 nitrogen and oxygen atoms in total. The molecule has 3 heteroatoms. The number of amidine groups is 1. The third-order valence-electron chi connectivity index (χ3n) is 4.78. The van der Waals surface area contributed by atoms with Gasteiger partial charge in [-0.1, -0.05) is 103 Å². The Balaban J connectivity index is 1.53. The fourth-order valence-electron chi connectivity index (χ4n) is 3.26. The average molecular weight is 376 g/mol. The Morgan fingerprint density at radius 3 is 1.76 bits per heavy atom. The van der Waals surface area contributed by atoms with Gasteiger partial charge in [0.2, 0.25) is 0 Å². The molecule has 0 aliphatic carbocycles. The first-order valence-corrected chi connectivity index (χ1v) is 9.42. The van der Waals surface area contributed by atoms with Gasteiger partial charge in [0.1, 0.15) is 5.84 Å². The number of carbonyl (C=O) groups excluding carboxylic acids is 1. The molecule has 0 saturated heterocycles. The van der Waals surface area contributed by atoms with Crippen LogP contribution in [0.15, 0.2) is 109 Å². The van der Waals surface area contributed by atoms with Crippen molar-refractivity contribution in [1.29, 1.82) is 5.41 Å². The molecule has 0 bridgehead atoms. The lowest BCUT2D eigenvalue weighted by Gasteiger charge is -2.12. The Kier molecular flexibility index (Phi) is 5.30. The van der Waals surface area contributed by atoms with Crippen LogP contribution in [0.3, 0.4) is 0 Å². The predicted molar refractivity (Wildman–Crippen MR) is 118 cm³/mol. The molecule has 4 aromatic carbocycles. The molecule has 2 N–H and O–H groups in total. The van der Waals surface area contributed by atoms with Gasteiger partial charge >= 0.3 is 0 Å². The summed E-state index contributed by atoms with van der Waals surface area (Å²) in [7, 11) is 0. The summed E-state index contributed by atoms with van der Waals surface area (Å²) in [4.78, 5) is 12.9. The van der Waals surface area contributed by atoms with Crippen molar-refractivity contribution in [3.05, 3.63) is 120 Å². The topological polar surface area (TPSA) is 53.0 Å². The second kappa shape index (κ2) is 8.36. The first kappa shape index (κ1) is 18.4. The van der Waals surface area contributed by atoms with Crippen molar-refractivity contribution in [2.45, 2.75) is 0 Å². The van der Waals surface area contributed by atoms with Crippen molar-refractivity contribution in [2.75, 3.05) is 0 Å². The van der Waals surface area contributed by atoms with E-state index in [1.165, 1.54) is 0 Å². The molecular formula is C26H20N2O. The number of nitrogens with one attached hydrogen (secondary N) is 2. The number of carbonyl (C=O) groups is 1. The monoisotopic (exact) mass is 376 g/mol. The zero-order valence-electron chi connectivity index (χ0n) is 15.8. The summed E-state index contributed by atoms with van der Waals surface area (Å²) in [5.74, 6) is -0.209. The van der Waals surface area contributed by atoms with E-state index in [2.05, 4.69) is 5.32 Å². The van der Waals surface area contributed by atoms with E-state index in [0.29, 0.717) is 11.1 Å². The molecule has 0 saturated carbocycles. The Morgan fingerprint density at radius 2 is 1.10 bits per heavy atom. The summed E-state index contributed by atoms with van der Waals surface area (Å²) >= 11 is 0. The highest BCUT2D eigenvalue weighted by molar-refractivity contribution is 6.13. The van der Waals surface area contributed by atoms with Crippen molar-refractivity contribution in [1.82, 2.24) is 5.32 Å². The molecule has 140 valence electrons. The Hall–Kier alpha value is -3.98. The third kappa shape index (κ3) is 4.14. The van der Waals surface area contributed by atoms with Crippen molar-refractivity contribution in [2.24, 2.45) is 0 Å². The van der Waals surface area contributed by atoms with Crippen LogP contribution in [0, 0.1) is 5.41 Å². The van der Waals surface area contributed by atoms with Gasteiger partial charge in [-0.05, 0) is 28.3 Å². The van der Waals surface area contributed by atoms with Crippen LogP contribution in [0.5, 0.6) is 0 Å². The maximum absolute atomic E-state index is 12.9. The highest BCUT2D eigenvalue weighted by atomic mass is 16.1. The molecule has 4 rings (SSSR count). The molecule has 0 spiro atoms. The second-order valence-corrected chi connectivity index (χ2v) is 6.68. The van der Waals surface area contributed by atoms with Crippen LogP contribution in [0.25, 0.3) is 22.3 Å². The van der Waals surface area contributed by atoms with Crippen LogP contribution < -0.4 is 5.32 Å². The van der Waals surface area contributed by atoms with Gasteiger partial charge in [0, 0.05) is 11.1 Å². The number of hydrogen-bond donors (Lipinski definition) is 2. The predicted octanol–water partition coefficient (Wildman–Crippen LogP) is 5.78. The van der Waals surface area contributed by atoms with E-state index >= 15 is 0 Å². The number of hydrogen-bond acceptors (Lipinski definition) is 2. The molecule has 0 aromatic heterocycles. The van der Waals surface area contributed by atoms with E-state index in [0.717, 1.165) is 22.3 Å². The minimum absolute atomic E-state index is 0.0810. The molecule has 29 heavy (non-hydrogen) atoms. The summed E-state index contributed by atoms with van der Waals surface area (Å²) in [6, 6.07) is 34.9. The van der Waals surface area contributed by atoms with Gasteiger partial charge in [-0.2, -0.15) is 0 Å². The van der Waals surface area contributed by atoms with Gasteiger partial charge < -0.3 is 5.32 Å². The van der Waals surface area contributed by atoms with Gasteiger partial charge in [-0.15, -0.1) is 0 Å². The van der Waals surface area contributed by atoms with Crippen LogP contribution in [0.2, 0.25) is 0 Å². The van der Waals surface area contributed by atoms with Gasteiger partial charge in [-0.3, -0.25) is 10.2 Å². The minimum atomic E-state index is -0.290. The highest BCUT2D eigenvalue weighted by Crippen LogP contribution is 2.23. The molecular weight excluding hydrogens is 356 g/mol. The largest absolute Gasteiger partial charge is 0.307 e. The van der Waals surface area contributed by atoms with Crippen LogP contribution in [0.4, 0.5) is 0 Å². The zero-order chi connectivity index (χ0) is 20.1. The summed E-state index contributed by atoms with van der Waals surface area (Å²) in [6.45, 7) is 0. The van der Waals surface area contributed by atoms with E-state index in [9.17, 15) is 4.79 Å². The normalized spacial score (nSPS) is 10.3. The second-order valence-electron chi connectivity index (χ2n) is 6.68. The van der Waals surface area contributed by atoms with Crippen LogP contribution in [-0.4, -0.2) is 11.7 Å². The quantitative estimate of drug-likeness (QED) is 0.344. The molecule has 0 atom stereocenters. The summed E-state index contributed by atoms with van der Waals surface area (Å²) < 4.78 is 0. The molecule has 0 heterocycles. The van der Waals surface area contributed by atoms with Crippen molar-refractivity contribution < 1.29 is 4.79 Å². The zero-order valence-corrected chi connectivity index (χ0v) is 15.8. The molecule has 0 radical (unpaired) electrons. The van der Waals surface area contributed by atoms with E-state index in [1.54, 1.807) is 6.07 Å². The summed E-state index contributed by atoms with van der Waals surface area (Å²) in [6.07, 6.45) is 0. The highest BCUT2D eigenvalue weighted by Gasteiger charge is 2.14. The Labute approximate surface area is 170 Å². The summed E-state index contributed by atoms with van der Waals surface area (Å²) in [5, 5.41) is 11.1. The number of rotatable bonds is 4. The molecule has 0 unspecified atom stereocenters. The SMILES string of the molecule is N=C(NC(=O)c1ccccc1-c1ccccc1)c1ccc(-c2ccccc2)cc1. The molecule has 1 amide bonds. The fourth-order valence-corrected chi connectivity index (χ4v) is 3.26. The average Bonchev–Trinajstić information content (AvgIpc) is 2.80. The van der Waals surface area contributed by atoms with E-state index in [-0.39, 0.29) is 11.7 Å². The molecule has 0 aliphatic heterocycles.